The third-order valence-corrected chi connectivity index (χ3v) is 6.00. The van der Waals surface area contributed by atoms with E-state index in [1.807, 2.05) is 31.3 Å². The van der Waals surface area contributed by atoms with Crippen molar-refractivity contribution in [1.29, 1.82) is 0 Å². The fraction of sp³-hybridized carbons (Fsp3) is 0.385. The molecule has 3 aromatic rings. The molecule has 0 spiro atoms. The summed E-state index contributed by atoms with van der Waals surface area (Å²) in [6.45, 7) is 5.77. The zero-order valence-corrected chi connectivity index (χ0v) is 18.3. The molecular formula is C26H34N4. The van der Waals surface area contributed by atoms with Crippen molar-refractivity contribution in [2.45, 2.75) is 51.9 Å². The molecule has 1 heterocycles. The number of hydrogen-bond acceptors (Lipinski definition) is 4. The van der Waals surface area contributed by atoms with Crippen LogP contribution < -0.4 is 11.1 Å². The number of aliphatic imine (C=N–C) groups is 1. The van der Waals surface area contributed by atoms with Crippen molar-refractivity contribution in [2.24, 2.45) is 10.9 Å². The van der Waals surface area contributed by atoms with Gasteiger partial charge in [0.1, 0.15) is 5.69 Å². The minimum absolute atomic E-state index is 0.638. The van der Waals surface area contributed by atoms with Crippen molar-refractivity contribution in [2.75, 3.05) is 18.1 Å². The minimum Gasteiger partial charge on any atom is -0.396 e. The van der Waals surface area contributed by atoms with Crippen LogP contribution in [0.2, 0.25) is 0 Å². The van der Waals surface area contributed by atoms with E-state index in [0.717, 1.165) is 16.8 Å². The number of rotatable bonds is 2. The van der Waals surface area contributed by atoms with Gasteiger partial charge in [0.15, 0.2) is 0 Å². The normalized spacial score (nSPS) is 14.9. The van der Waals surface area contributed by atoms with Gasteiger partial charge < -0.3 is 11.1 Å². The van der Waals surface area contributed by atoms with Crippen LogP contribution in [0, 0.1) is 5.92 Å². The highest BCUT2D eigenvalue weighted by atomic mass is 14.8. The topological polar surface area (TPSA) is 63.3 Å². The molecule has 0 aliphatic heterocycles. The Labute approximate surface area is 180 Å². The summed E-state index contributed by atoms with van der Waals surface area (Å²) in [6, 6.07) is 14.4. The van der Waals surface area contributed by atoms with Crippen LogP contribution in [0.3, 0.4) is 0 Å². The van der Waals surface area contributed by atoms with Gasteiger partial charge in [-0.1, -0.05) is 56.9 Å². The molecule has 30 heavy (non-hydrogen) atoms. The number of aryl methyl sites for hydroxylation is 2. The van der Waals surface area contributed by atoms with E-state index in [1.165, 1.54) is 56.2 Å². The lowest BCUT2D eigenvalue weighted by molar-refractivity contribution is 0.612. The number of aromatic nitrogens is 1. The molecule has 0 saturated heterocycles. The Hall–Kier alpha value is -2.88. The molecule has 0 radical (unpaired) electrons. The van der Waals surface area contributed by atoms with Crippen LogP contribution >= 0.6 is 0 Å². The number of nitrogens with zero attached hydrogens (tertiary/aromatic N) is 2. The van der Waals surface area contributed by atoms with Gasteiger partial charge >= 0.3 is 0 Å². The molecule has 4 nitrogen and oxygen atoms in total. The summed E-state index contributed by atoms with van der Waals surface area (Å²) in [5.41, 5.74) is 12.3. The highest BCUT2D eigenvalue weighted by Gasteiger charge is 2.09. The Balaban J connectivity index is 0.000000136. The number of hydrogen-bond donors (Lipinski definition) is 2. The minimum atomic E-state index is 0.638. The molecule has 2 aliphatic carbocycles. The summed E-state index contributed by atoms with van der Waals surface area (Å²) in [5.74, 6) is 1.05. The Morgan fingerprint density at radius 2 is 1.77 bits per heavy atom. The number of fused-ring (bicyclic) bond motifs is 2. The smallest absolute Gasteiger partial charge is 0.104 e. The zero-order chi connectivity index (χ0) is 21.3. The lowest BCUT2D eigenvalue weighted by atomic mass is 10.1. The van der Waals surface area contributed by atoms with E-state index in [0.29, 0.717) is 11.4 Å². The van der Waals surface area contributed by atoms with E-state index >= 15 is 0 Å². The van der Waals surface area contributed by atoms with Crippen LogP contribution in [0.5, 0.6) is 0 Å². The Kier molecular flexibility index (Phi) is 7.83. The molecule has 0 unspecified atom stereocenters. The third kappa shape index (κ3) is 5.59. The average Bonchev–Trinajstić information content (AvgIpc) is 3.46. The van der Waals surface area contributed by atoms with Crippen molar-refractivity contribution in [3.63, 3.8) is 0 Å². The number of nitrogens with two attached hydrogens (primary N) is 1. The fourth-order valence-electron chi connectivity index (χ4n) is 4.14. The summed E-state index contributed by atoms with van der Waals surface area (Å²) < 4.78 is 0. The van der Waals surface area contributed by atoms with Crippen molar-refractivity contribution >= 4 is 34.7 Å². The first kappa shape index (κ1) is 21.8. The van der Waals surface area contributed by atoms with Crippen LogP contribution in [0.1, 0.15) is 50.2 Å². The second-order valence-corrected chi connectivity index (χ2v) is 8.21. The van der Waals surface area contributed by atoms with E-state index in [2.05, 4.69) is 47.1 Å². The van der Waals surface area contributed by atoms with Gasteiger partial charge in [-0.05, 0) is 61.2 Å². The molecular weight excluding hydrogens is 368 g/mol. The van der Waals surface area contributed by atoms with Crippen molar-refractivity contribution in [3.8, 4) is 0 Å². The van der Waals surface area contributed by atoms with Gasteiger partial charge in [0.05, 0.1) is 17.4 Å². The van der Waals surface area contributed by atoms with E-state index in [1.54, 1.807) is 11.8 Å². The predicted octanol–water partition coefficient (Wildman–Crippen LogP) is 6.56. The van der Waals surface area contributed by atoms with Crippen LogP contribution in [0.15, 0.2) is 53.7 Å². The summed E-state index contributed by atoms with van der Waals surface area (Å²) in [5, 5.41) is 4.08. The summed E-state index contributed by atoms with van der Waals surface area (Å²) >= 11 is 0. The molecule has 0 atom stereocenters. The lowest BCUT2D eigenvalue weighted by Gasteiger charge is -2.02. The molecule has 0 amide bonds. The Morgan fingerprint density at radius 1 is 1.03 bits per heavy atom. The van der Waals surface area contributed by atoms with Crippen molar-refractivity contribution in [3.05, 3.63) is 59.8 Å². The Bertz CT molecular complexity index is 974. The van der Waals surface area contributed by atoms with Crippen LogP contribution in [0.25, 0.3) is 10.9 Å². The van der Waals surface area contributed by atoms with E-state index in [-0.39, 0.29) is 0 Å². The second-order valence-electron chi connectivity index (χ2n) is 8.21. The molecule has 1 aromatic heterocycles. The maximum Gasteiger partial charge on any atom is 0.104 e. The fourth-order valence-corrected chi connectivity index (χ4v) is 4.14. The highest BCUT2D eigenvalue weighted by molar-refractivity contribution is 5.95. The molecule has 3 N–H and O–H groups in total. The summed E-state index contributed by atoms with van der Waals surface area (Å²) in [7, 11) is 1.97. The average molecular weight is 403 g/mol. The first-order valence-corrected chi connectivity index (χ1v) is 11.0. The largest absolute Gasteiger partial charge is 0.396 e. The first-order valence-electron chi connectivity index (χ1n) is 11.0. The second kappa shape index (κ2) is 10.8. The first-order chi connectivity index (χ1) is 14.6. The molecule has 4 heteroatoms. The van der Waals surface area contributed by atoms with Gasteiger partial charge in [0.25, 0.3) is 0 Å². The lowest BCUT2D eigenvalue weighted by Crippen LogP contribution is -1.89. The molecule has 1 saturated carbocycles. The van der Waals surface area contributed by atoms with Crippen molar-refractivity contribution in [1.82, 2.24) is 4.98 Å². The summed E-state index contributed by atoms with van der Waals surface area (Å²) in [6.07, 6.45) is 11.5. The molecule has 158 valence electrons. The van der Waals surface area contributed by atoms with Gasteiger partial charge in [0.2, 0.25) is 0 Å². The number of anilines is 2. The maximum atomic E-state index is 5.86. The monoisotopic (exact) mass is 402 g/mol. The summed E-state index contributed by atoms with van der Waals surface area (Å²) in [4.78, 5) is 7.98. The number of nitrogen functional groups attached to an aromatic ring is 1. The third-order valence-electron chi connectivity index (χ3n) is 6.00. The van der Waals surface area contributed by atoms with E-state index < -0.39 is 0 Å². The molecule has 5 rings (SSSR count). The molecule has 2 aliphatic rings. The van der Waals surface area contributed by atoms with Gasteiger partial charge in [-0.15, -0.1) is 0 Å². The number of nitrogens with one attached hydrogen (secondary N) is 1. The van der Waals surface area contributed by atoms with Gasteiger partial charge in [-0.25, -0.2) is 0 Å². The van der Waals surface area contributed by atoms with Gasteiger partial charge in [-0.2, -0.15) is 0 Å². The SMILES string of the molecule is C=Nc1cnc2ccccc2c1N.CC1CCCC1.CNc1ccc2c(c1)CCC2. The van der Waals surface area contributed by atoms with Crippen molar-refractivity contribution < 1.29 is 0 Å². The van der Waals surface area contributed by atoms with Gasteiger partial charge in [0, 0.05) is 18.1 Å². The van der Waals surface area contributed by atoms with E-state index in [9.17, 15) is 0 Å². The Morgan fingerprint density at radius 3 is 2.43 bits per heavy atom. The highest BCUT2D eigenvalue weighted by Crippen LogP contribution is 2.28. The molecule has 0 bridgehead atoms. The molecule has 1 fully saturated rings. The standard InChI is InChI=1S/C10H9N3.C10H13N.C6H12/c1-12-9-6-13-8-5-3-2-4-7(8)10(9)11;1-11-10-6-5-8-3-2-4-9(8)7-10;1-6-4-2-3-5-6/h2-6H,1H2,(H2,11,13);5-7,11H,2-4H2,1H3;6H,2-5H2,1H3. The zero-order valence-electron chi connectivity index (χ0n) is 18.3. The van der Waals surface area contributed by atoms with E-state index in [4.69, 9.17) is 5.73 Å². The number of para-hydroxylation sites is 1. The van der Waals surface area contributed by atoms with Gasteiger partial charge in [-0.3, -0.25) is 9.98 Å². The van der Waals surface area contributed by atoms with Crippen LogP contribution in [-0.4, -0.2) is 18.7 Å². The number of pyridine rings is 1. The number of benzene rings is 2. The maximum absolute atomic E-state index is 5.86. The molecule has 2 aromatic carbocycles. The van der Waals surface area contributed by atoms with Crippen LogP contribution in [0.4, 0.5) is 17.1 Å². The predicted molar refractivity (Wildman–Crippen MR) is 131 cm³/mol. The quantitative estimate of drug-likeness (QED) is 0.477. The van der Waals surface area contributed by atoms with Crippen LogP contribution in [-0.2, 0) is 12.8 Å².